The van der Waals surface area contributed by atoms with Gasteiger partial charge < -0.3 is 4.74 Å². The van der Waals surface area contributed by atoms with Gasteiger partial charge in [-0.2, -0.15) is 5.10 Å². The molecule has 1 aromatic heterocycles. The molecule has 1 unspecified atom stereocenters. The van der Waals surface area contributed by atoms with Crippen LogP contribution in [0.25, 0.3) is 0 Å². The third-order valence-corrected chi connectivity index (χ3v) is 3.23. The van der Waals surface area contributed by atoms with Gasteiger partial charge >= 0.3 is 0 Å². The van der Waals surface area contributed by atoms with E-state index < -0.39 is 0 Å². The molecule has 2 aromatic rings. The van der Waals surface area contributed by atoms with Crippen LogP contribution in [-0.2, 0) is 13.7 Å². The number of aryl methyl sites for hydroxylation is 1. The molecule has 4 heteroatoms. The predicted molar refractivity (Wildman–Crippen MR) is 70.5 cm³/mol. The van der Waals surface area contributed by atoms with Gasteiger partial charge in [-0.25, -0.2) is 4.98 Å². The largest absolute Gasteiger partial charge is 0.486 e. The topological polar surface area (TPSA) is 39.9 Å². The van der Waals surface area contributed by atoms with Gasteiger partial charge in [-0.05, 0) is 30.0 Å². The molecule has 96 valence electrons. The van der Waals surface area contributed by atoms with Crippen molar-refractivity contribution >= 4 is 0 Å². The number of hydrogen-bond acceptors (Lipinski definition) is 3. The lowest BCUT2D eigenvalue weighted by Gasteiger charge is -2.10. The molecule has 18 heavy (non-hydrogen) atoms. The van der Waals surface area contributed by atoms with Gasteiger partial charge in [0.15, 0.2) is 5.82 Å². The number of hydrogen-bond donors (Lipinski definition) is 0. The van der Waals surface area contributed by atoms with Crippen molar-refractivity contribution in [2.75, 3.05) is 0 Å². The van der Waals surface area contributed by atoms with Crippen LogP contribution in [0.3, 0.4) is 0 Å². The summed E-state index contributed by atoms with van der Waals surface area (Å²) in [6.45, 7) is 4.87. The minimum atomic E-state index is 0.444. The maximum absolute atomic E-state index is 5.68. The van der Waals surface area contributed by atoms with Crippen molar-refractivity contribution in [1.29, 1.82) is 0 Å². The molecule has 0 bridgehead atoms. The molecule has 0 aliphatic carbocycles. The Hall–Kier alpha value is -1.84. The van der Waals surface area contributed by atoms with E-state index in [1.165, 1.54) is 11.9 Å². The van der Waals surface area contributed by atoms with Crippen LogP contribution < -0.4 is 4.74 Å². The Morgan fingerprint density at radius 1 is 1.28 bits per heavy atom. The molecule has 1 aromatic carbocycles. The zero-order valence-electron chi connectivity index (χ0n) is 11.1. The smallest absolute Gasteiger partial charge is 0.164 e. The van der Waals surface area contributed by atoms with Crippen LogP contribution >= 0.6 is 0 Å². The van der Waals surface area contributed by atoms with Gasteiger partial charge in [-0.15, -0.1) is 0 Å². The summed E-state index contributed by atoms with van der Waals surface area (Å²) in [5.74, 6) is 2.28. The summed E-state index contributed by atoms with van der Waals surface area (Å²) >= 11 is 0. The van der Waals surface area contributed by atoms with Gasteiger partial charge in [0.25, 0.3) is 0 Å². The summed E-state index contributed by atoms with van der Waals surface area (Å²) in [6.07, 6.45) is 2.68. The first-order valence-electron chi connectivity index (χ1n) is 6.26. The highest BCUT2D eigenvalue weighted by atomic mass is 16.5. The summed E-state index contributed by atoms with van der Waals surface area (Å²) in [5.41, 5.74) is 1.35. The van der Waals surface area contributed by atoms with Crippen LogP contribution in [0.2, 0.25) is 0 Å². The molecular weight excluding hydrogens is 226 g/mol. The maximum Gasteiger partial charge on any atom is 0.164 e. The van der Waals surface area contributed by atoms with E-state index in [0.717, 1.165) is 18.0 Å². The van der Waals surface area contributed by atoms with Crippen molar-refractivity contribution in [2.24, 2.45) is 7.05 Å². The van der Waals surface area contributed by atoms with E-state index >= 15 is 0 Å². The van der Waals surface area contributed by atoms with E-state index in [1.807, 2.05) is 19.2 Å². The van der Waals surface area contributed by atoms with Gasteiger partial charge in [-0.1, -0.05) is 26.0 Å². The maximum atomic E-state index is 5.68. The first kappa shape index (κ1) is 12.6. The number of rotatable bonds is 5. The number of nitrogens with zero attached hydrogens (tertiary/aromatic N) is 3. The molecule has 0 N–H and O–H groups in total. The highest BCUT2D eigenvalue weighted by Crippen LogP contribution is 2.21. The molecule has 1 heterocycles. The Balaban J connectivity index is 1.96. The van der Waals surface area contributed by atoms with Crippen molar-refractivity contribution < 1.29 is 4.74 Å². The van der Waals surface area contributed by atoms with Crippen molar-refractivity contribution in [1.82, 2.24) is 14.8 Å². The third kappa shape index (κ3) is 2.88. The Morgan fingerprint density at radius 3 is 2.56 bits per heavy atom. The molecule has 1 atom stereocenters. The molecule has 0 fully saturated rings. The van der Waals surface area contributed by atoms with E-state index in [2.05, 4.69) is 36.1 Å². The number of ether oxygens (including phenoxy) is 1. The lowest BCUT2D eigenvalue weighted by Crippen LogP contribution is -2.04. The second-order valence-electron chi connectivity index (χ2n) is 4.47. The van der Waals surface area contributed by atoms with Gasteiger partial charge in [0.2, 0.25) is 0 Å². The van der Waals surface area contributed by atoms with E-state index in [-0.39, 0.29) is 0 Å². The summed E-state index contributed by atoms with van der Waals surface area (Å²) < 4.78 is 7.39. The van der Waals surface area contributed by atoms with Gasteiger partial charge in [0.1, 0.15) is 18.7 Å². The van der Waals surface area contributed by atoms with Crippen molar-refractivity contribution in [3.05, 3.63) is 42.0 Å². The predicted octanol–water partition coefficient (Wildman–Crippen LogP) is 2.91. The van der Waals surface area contributed by atoms with E-state index in [1.54, 1.807) is 4.68 Å². The molecule has 2 rings (SSSR count). The highest BCUT2D eigenvalue weighted by Gasteiger charge is 2.04. The van der Waals surface area contributed by atoms with E-state index in [4.69, 9.17) is 4.74 Å². The van der Waals surface area contributed by atoms with Gasteiger partial charge in [0, 0.05) is 7.05 Å². The van der Waals surface area contributed by atoms with Crippen LogP contribution in [0.1, 0.15) is 37.6 Å². The number of benzene rings is 1. The van der Waals surface area contributed by atoms with Gasteiger partial charge in [-0.3, -0.25) is 4.68 Å². The molecule has 0 saturated carbocycles. The monoisotopic (exact) mass is 245 g/mol. The second kappa shape index (κ2) is 5.67. The molecule has 0 spiro atoms. The fourth-order valence-corrected chi connectivity index (χ4v) is 1.73. The molecule has 4 nitrogen and oxygen atoms in total. The quantitative estimate of drug-likeness (QED) is 0.813. The first-order chi connectivity index (χ1) is 8.70. The zero-order valence-corrected chi connectivity index (χ0v) is 11.1. The van der Waals surface area contributed by atoms with Crippen molar-refractivity contribution in [2.45, 2.75) is 32.8 Å². The Kier molecular flexibility index (Phi) is 3.97. The summed E-state index contributed by atoms with van der Waals surface area (Å²) in [5, 5.41) is 4.00. The highest BCUT2D eigenvalue weighted by molar-refractivity contribution is 5.29. The average molecular weight is 245 g/mol. The minimum absolute atomic E-state index is 0.444. The molecule has 0 radical (unpaired) electrons. The summed E-state index contributed by atoms with van der Waals surface area (Å²) in [4.78, 5) is 4.12. The molecule has 0 saturated heterocycles. The molecule has 0 aliphatic rings. The Bertz CT molecular complexity index is 490. The average Bonchev–Trinajstić information content (AvgIpc) is 2.81. The summed E-state index contributed by atoms with van der Waals surface area (Å²) in [7, 11) is 1.86. The van der Waals surface area contributed by atoms with E-state index in [9.17, 15) is 0 Å². The van der Waals surface area contributed by atoms with Crippen LogP contribution in [0, 0.1) is 0 Å². The van der Waals surface area contributed by atoms with Crippen LogP contribution in [0.4, 0.5) is 0 Å². The first-order valence-corrected chi connectivity index (χ1v) is 6.26. The normalized spacial score (nSPS) is 12.4. The lowest BCUT2D eigenvalue weighted by atomic mass is 9.99. The van der Waals surface area contributed by atoms with E-state index in [0.29, 0.717) is 12.5 Å². The Morgan fingerprint density at radius 2 is 2.00 bits per heavy atom. The minimum Gasteiger partial charge on any atom is -0.486 e. The fraction of sp³-hybridized carbons (Fsp3) is 0.429. The van der Waals surface area contributed by atoms with Crippen molar-refractivity contribution in [3.8, 4) is 5.75 Å². The number of aromatic nitrogens is 3. The summed E-state index contributed by atoms with van der Waals surface area (Å²) in [6, 6.07) is 8.27. The van der Waals surface area contributed by atoms with Crippen LogP contribution in [0.15, 0.2) is 30.6 Å². The fourth-order valence-electron chi connectivity index (χ4n) is 1.73. The van der Waals surface area contributed by atoms with Crippen molar-refractivity contribution in [3.63, 3.8) is 0 Å². The SMILES string of the molecule is CCC(C)c1ccc(OCc2ncnn2C)cc1. The second-order valence-corrected chi connectivity index (χ2v) is 4.47. The molecular formula is C14H19N3O. The zero-order chi connectivity index (χ0) is 13.0. The van der Waals surface area contributed by atoms with Gasteiger partial charge in [0.05, 0.1) is 0 Å². The Labute approximate surface area is 108 Å². The van der Waals surface area contributed by atoms with Crippen LogP contribution in [0.5, 0.6) is 5.75 Å². The lowest BCUT2D eigenvalue weighted by molar-refractivity contribution is 0.289. The molecule has 0 amide bonds. The third-order valence-electron chi connectivity index (χ3n) is 3.23. The standard InChI is InChI=1S/C14H19N3O/c1-4-11(2)12-5-7-13(8-6-12)18-9-14-15-10-16-17(14)3/h5-8,10-11H,4,9H2,1-3H3. The van der Waals surface area contributed by atoms with Crippen LogP contribution in [-0.4, -0.2) is 14.8 Å². The molecule has 0 aliphatic heterocycles.